The van der Waals surface area contributed by atoms with Gasteiger partial charge in [-0.2, -0.15) is 0 Å². The topological polar surface area (TPSA) is 84.9 Å². The maximum Gasteiger partial charge on any atom is 0.331 e. The zero-order valence-corrected chi connectivity index (χ0v) is 21.4. The van der Waals surface area contributed by atoms with Crippen LogP contribution < -0.4 is 10.1 Å². The predicted octanol–water partition coefficient (Wildman–Crippen LogP) is 3.95. The molecule has 3 aromatic carbocycles. The van der Waals surface area contributed by atoms with Crippen LogP contribution in [0, 0.1) is 0 Å². The fraction of sp³-hybridized carbons (Fsp3) is 0.276. The molecule has 2 saturated heterocycles. The molecule has 3 atom stereocenters. The van der Waals surface area contributed by atoms with Crippen molar-refractivity contribution in [3.05, 3.63) is 102 Å². The maximum atomic E-state index is 13.6. The summed E-state index contributed by atoms with van der Waals surface area (Å²) in [6.45, 7) is 3.65. The van der Waals surface area contributed by atoms with Gasteiger partial charge in [0.2, 0.25) is 5.91 Å². The number of carbonyl (C=O) groups excluding carboxylic acids is 3. The van der Waals surface area contributed by atoms with Gasteiger partial charge in [-0.15, -0.1) is 11.8 Å². The summed E-state index contributed by atoms with van der Waals surface area (Å²) in [5.41, 5.74) is 1.70. The van der Waals surface area contributed by atoms with E-state index in [0.29, 0.717) is 5.75 Å². The number of carbonyl (C=O) groups is 3. The van der Waals surface area contributed by atoms with Crippen molar-refractivity contribution in [1.82, 2.24) is 10.2 Å². The fourth-order valence-corrected chi connectivity index (χ4v) is 6.39. The van der Waals surface area contributed by atoms with E-state index in [2.05, 4.69) is 5.32 Å². The van der Waals surface area contributed by atoms with Gasteiger partial charge in [0.1, 0.15) is 23.2 Å². The lowest BCUT2D eigenvalue weighted by molar-refractivity contribution is -0.166. The van der Waals surface area contributed by atoms with Crippen LogP contribution in [0.4, 0.5) is 0 Å². The minimum Gasteiger partial charge on any atom is -0.484 e. The molecule has 37 heavy (non-hydrogen) atoms. The van der Waals surface area contributed by atoms with Gasteiger partial charge in [0.05, 0.1) is 0 Å². The lowest BCUT2D eigenvalue weighted by Crippen LogP contribution is -2.71. The molecule has 0 radical (unpaired) electrons. The van der Waals surface area contributed by atoms with E-state index in [4.69, 9.17) is 9.47 Å². The monoisotopic (exact) mass is 516 g/mol. The number of β-lactam (4-membered cyclic amide) rings is 1. The molecule has 2 amide bonds. The van der Waals surface area contributed by atoms with Gasteiger partial charge in [0.25, 0.3) is 5.91 Å². The number of esters is 1. The van der Waals surface area contributed by atoms with Crippen LogP contribution in [0.1, 0.15) is 31.1 Å². The first kappa shape index (κ1) is 24.9. The van der Waals surface area contributed by atoms with Crippen LogP contribution in [0.15, 0.2) is 91.0 Å². The number of hydrogen-bond acceptors (Lipinski definition) is 6. The third kappa shape index (κ3) is 5.06. The molecule has 2 heterocycles. The second-order valence-corrected chi connectivity index (χ2v) is 11.3. The normalized spacial score (nSPS) is 21.6. The highest BCUT2D eigenvalue weighted by Gasteiger charge is 2.64. The smallest absolute Gasteiger partial charge is 0.331 e. The summed E-state index contributed by atoms with van der Waals surface area (Å²) < 4.78 is 11.0. The van der Waals surface area contributed by atoms with E-state index in [1.807, 2.05) is 92.7 Å². The molecule has 7 nitrogen and oxygen atoms in total. The van der Waals surface area contributed by atoms with Crippen molar-refractivity contribution in [2.45, 2.75) is 42.2 Å². The summed E-state index contributed by atoms with van der Waals surface area (Å²) in [5, 5.41) is 2.42. The molecular weight excluding hydrogens is 488 g/mol. The lowest BCUT2D eigenvalue weighted by atomic mass is 9.95. The van der Waals surface area contributed by atoms with Crippen molar-refractivity contribution in [2.75, 3.05) is 6.61 Å². The molecule has 1 unspecified atom stereocenters. The highest BCUT2D eigenvalue weighted by Crippen LogP contribution is 2.51. The number of thioether (sulfide) groups is 1. The van der Waals surface area contributed by atoms with Crippen LogP contribution in [-0.4, -0.2) is 51.5 Å². The molecule has 5 rings (SSSR count). The van der Waals surface area contributed by atoms with Crippen LogP contribution >= 0.6 is 11.8 Å². The number of rotatable bonds is 8. The van der Waals surface area contributed by atoms with Gasteiger partial charge in [-0.3, -0.25) is 9.59 Å². The van der Waals surface area contributed by atoms with Crippen LogP contribution in [0.5, 0.6) is 5.75 Å². The first-order valence-electron chi connectivity index (χ1n) is 12.1. The Morgan fingerprint density at radius 1 is 0.919 bits per heavy atom. The Morgan fingerprint density at radius 3 is 2.03 bits per heavy atom. The van der Waals surface area contributed by atoms with E-state index in [-0.39, 0.29) is 23.8 Å². The predicted molar refractivity (Wildman–Crippen MR) is 141 cm³/mol. The van der Waals surface area contributed by atoms with Crippen LogP contribution in [0.25, 0.3) is 0 Å². The zero-order chi connectivity index (χ0) is 26.0. The number of amides is 2. The van der Waals surface area contributed by atoms with Crippen molar-refractivity contribution >= 4 is 29.5 Å². The summed E-state index contributed by atoms with van der Waals surface area (Å²) in [5.74, 6) is -0.582. The number of fused-ring (bicyclic) bond motifs is 1. The van der Waals surface area contributed by atoms with Gasteiger partial charge >= 0.3 is 5.97 Å². The summed E-state index contributed by atoms with van der Waals surface area (Å²) in [6.07, 6.45) is -0.600. The summed E-state index contributed by atoms with van der Waals surface area (Å²) in [6, 6.07) is 26.6. The molecule has 0 spiro atoms. The first-order valence-corrected chi connectivity index (χ1v) is 13.0. The van der Waals surface area contributed by atoms with Crippen molar-refractivity contribution < 1.29 is 23.9 Å². The molecule has 2 aliphatic rings. The van der Waals surface area contributed by atoms with Gasteiger partial charge < -0.3 is 19.7 Å². The second-order valence-electron chi connectivity index (χ2n) is 9.55. The quantitative estimate of drug-likeness (QED) is 0.361. The number of ether oxygens (including phenoxy) is 2. The van der Waals surface area contributed by atoms with Gasteiger partial charge in [-0.25, -0.2) is 4.79 Å². The minimum absolute atomic E-state index is 0.199. The largest absolute Gasteiger partial charge is 0.484 e. The van der Waals surface area contributed by atoms with Crippen molar-refractivity contribution in [3.63, 3.8) is 0 Å². The molecule has 3 aromatic rings. The Balaban J connectivity index is 1.28. The van der Waals surface area contributed by atoms with E-state index in [9.17, 15) is 14.4 Å². The van der Waals surface area contributed by atoms with Crippen molar-refractivity contribution in [1.29, 1.82) is 0 Å². The Kier molecular flexibility index (Phi) is 6.93. The lowest BCUT2D eigenvalue weighted by Gasteiger charge is -2.44. The van der Waals surface area contributed by atoms with Gasteiger partial charge in [-0.05, 0) is 37.1 Å². The number of benzene rings is 3. The zero-order valence-electron chi connectivity index (χ0n) is 20.6. The molecule has 0 saturated carbocycles. The van der Waals surface area contributed by atoms with Gasteiger partial charge in [-0.1, -0.05) is 78.9 Å². The summed E-state index contributed by atoms with van der Waals surface area (Å²) in [4.78, 5) is 40.8. The molecule has 0 bridgehead atoms. The molecule has 1 N–H and O–H groups in total. The van der Waals surface area contributed by atoms with E-state index in [1.54, 1.807) is 17.0 Å². The average molecular weight is 517 g/mol. The van der Waals surface area contributed by atoms with E-state index in [0.717, 1.165) is 11.1 Å². The molecule has 8 heteroatoms. The SMILES string of the molecule is CC1(C)S[C@H]2[C@@H](NC(=O)COc3ccccc3)C(=O)N2C1C(=O)OC(c1ccccc1)c1ccccc1. The molecule has 0 aromatic heterocycles. The Labute approximate surface area is 220 Å². The molecule has 2 aliphatic heterocycles. The third-order valence-corrected chi connectivity index (χ3v) is 8.10. The Morgan fingerprint density at radius 2 is 1.46 bits per heavy atom. The highest BCUT2D eigenvalue weighted by molar-refractivity contribution is 8.01. The first-order chi connectivity index (χ1) is 17.8. The number of nitrogens with zero attached hydrogens (tertiary/aromatic N) is 1. The fourth-order valence-electron chi connectivity index (χ4n) is 4.77. The number of nitrogens with one attached hydrogen (secondary N) is 1. The van der Waals surface area contributed by atoms with Gasteiger partial charge in [0, 0.05) is 4.75 Å². The third-order valence-electron chi connectivity index (χ3n) is 6.53. The Hall–Kier alpha value is -3.78. The summed E-state index contributed by atoms with van der Waals surface area (Å²) in [7, 11) is 0. The minimum atomic E-state index is -0.779. The standard InChI is InChI=1S/C29H28N2O5S/c1-29(2)25(28(34)36-24(19-12-6-3-7-13-19)20-14-8-4-9-15-20)31-26(33)23(27(31)37-29)30-22(32)18-35-21-16-10-5-11-17-21/h3-17,23-25,27H,18H2,1-2H3,(H,30,32)/t23-,25?,27-/m0/s1. The molecular formula is C29H28N2O5S. The van der Waals surface area contributed by atoms with Crippen LogP contribution in [0.2, 0.25) is 0 Å². The summed E-state index contributed by atoms with van der Waals surface area (Å²) >= 11 is 1.49. The Bertz CT molecular complexity index is 1230. The average Bonchev–Trinajstić information content (AvgIpc) is 3.18. The van der Waals surface area contributed by atoms with Crippen molar-refractivity contribution in [2.24, 2.45) is 0 Å². The van der Waals surface area contributed by atoms with Gasteiger partial charge in [0.15, 0.2) is 12.7 Å². The van der Waals surface area contributed by atoms with Crippen molar-refractivity contribution in [3.8, 4) is 5.75 Å². The highest BCUT2D eigenvalue weighted by atomic mass is 32.2. The molecule has 0 aliphatic carbocycles. The van der Waals surface area contributed by atoms with E-state index < -0.39 is 28.9 Å². The van der Waals surface area contributed by atoms with E-state index in [1.165, 1.54) is 11.8 Å². The number of hydrogen-bond donors (Lipinski definition) is 1. The van der Waals surface area contributed by atoms with Crippen LogP contribution in [0.3, 0.4) is 0 Å². The maximum absolute atomic E-state index is 13.6. The van der Waals surface area contributed by atoms with Crippen LogP contribution in [-0.2, 0) is 19.1 Å². The number of para-hydroxylation sites is 1. The van der Waals surface area contributed by atoms with E-state index >= 15 is 0 Å². The molecule has 190 valence electrons. The molecule has 2 fully saturated rings. The second kappa shape index (κ2) is 10.3.